The van der Waals surface area contributed by atoms with Crippen LogP contribution in [0.4, 0.5) is 0 Å². The second-order valence-electron chi connectivity index (χ2n) is 9.78. The predicted octanol–water partition coefficient (Wildman–Crippen LogP) is 4.75. The summed E-state index contributed by atoms with van der Waals surface area (Å²) >= 11 is 0. The first-order chi connectivity index (χ1) is 12.7. The normalized spacial score (nSPS) is 45.9. The van der Waals surface area contributed by atoms with Gasteiger partial charge < -0.3 is 9.84 Å². The number of hydrogen-bond donors (Lipinski definition) is 1. The van der Waals surface area contributed by atoms with E-state index in [4.69, 9.17) is 4.74 Å². The maximum Gasteiger partial charge on any atom is 0.305 e. The number of aliphatic hydroxyl groups is 1. The summed E-state index contributed by atoms with van der Waals surface area (Å²) in [5, 5.41) is 10.1. The molecule has 4 aliphatic rings. The SMILES string of the molecule is CCC(=O)OC1C(C)C[C@H]2[C@@H]3CCC4=CC(=O)C(O)=C[C@]4(C)[C@H]3CC[C@]12C. The number of fused-ring (bicyclic) bond motifs is 5. The molecule has 4 rings (SSSR count). The quantitative estimate of drug-likeness (QED) is 0.711. The lowest BCUT2D eigenvalue weighted by molar-refractivity contribution is -0.161. The monoisotopic (exact) mass is 372 g/mol. The van der Waals surface area contributed by atoms with E-state index in [1.807, 2.05) is 13.0 Å². The third-order valence-corrected chi connectivity index (χ3v) is 8.42. The summed E-state index contributed by atoms with van der Waals surface area (Å²) in [6.07, 6.45) is 9.16. The number of esters is 1. The van der Waals surface area contributed by atoms with E-state index in [9.17, 15) is 14.7 Å². The van der Waals surface area contributed by atoms with Crippen LogP contribution in [0.3, 0.4) is 0 Å². The van der Waals surface area contributed by atoms with Crippen molar-refractivity contribution in [1.82, 2.24) is 0 Å². The highest BCUT2D eigenvalue weighted by Crippen LogP contribution is 2.66. The zero-order valence-corrected chi connectivity index (χ0v) is 17.0. The lowest BCUT2D eigenvalue weighted by Crippen LogP contribution is -2.51. The van der Waals surface area contributed by atoms with Gasteiger partial charge in [-0.25, -0.2) is 0 Å². The molecule has 0 spiro atoms. The molecule has 3 saturated carbocycles. The highest BCUT2D eigenvalue weighted by molar-refractivity contribution is 6.04. The maximum absolute atomic E-state index is 12.0. The summed E-state index contributed by atoms with van der Waals surface area (Å²) in [5.41, 5.74) is 1.01. The smallest absolute Gasteiger partial charge is 0.305 e. The van der Waals surface area contributed by atoms with E-state index in [1.165, 1.54) is 5.57 Å². The van der Waals surface area contributed by atoms with Gasteiger partial charge in [0.15, 0.2) is 5.76 Å². The van der Waals surface area contributed by atoms with Gasteiger partial charge in [0.05, 0.1) is 0 Å². The first-order valence-corrected chi connectivity index (χ1v) is 10.6. The summed E-state index contributed by atoms with van der Waals surface area (Å²) < 4.78 is 5.94. The molecule has 148 valence electrons. The fourth-order valence-corrected chi connectivity index (χ4v) is 7.07. The summed E-state index contributed by atoms with van der Waals surface area (Å²) in [5.74, 6) is 1.49. The molecule has 0 radical (unpaired) electrons. The Balaban J connectivity index is 1.65. The van der Waals surface area contributed by atoms with Crippen molar-refractivity contribution in [3.63, 3.8) is 0 Å². The summed E-state index contributed by atoms with van der Waals surface area (Å²) in [4.78, 5) is 24.0. The van der Waals surface area contributed by atoms with Gasteiger partial charge in [0.1, 0.15) is 6.10 Å². The minimum Gasteiger partial charge on any atom is -0.504 e. The maximum atomic E-state index is 12.0. The highest BCUT2D eigenvalue weighted by atomic mass is 16.5. The molecule has 0 saturated heterocycles. The van der Waals surface area contributed by atoms with Crippen LogP contribution in [0.1, 0.15) is 66.2 Å². The van der Waals surface area contributed by atoms with Crippen molar-refractivity contribution in [3.8, 4) is 0 Å². The molecule has 0 amide bonds. The predicted molar refractivity (Wildman–Crippen MR) is 103 cm³/mol. The van der Waals surface area contributed by atoms with Crippen molar-refractivity contribution in [1.29, 1.82) is 0 Å². The topological polar surface area (TPSA) is 63.6 Å². The third-order valence-electron chi connectivity index (χ3n) is 8.42. The van der Waals surface area contributed by atoms with Crippen molar-refractivity contribution >= 4 is 11.8 Å². The van der Waals surface area contributed by atoms with Gasteiger partial charge in [-0.2, -0.15) is 0 Å². The second-order valence-corrected chi connectivity index (χ2v) is 9.78. The lowest BCUT2D eigenvalue weighted by atomic mass is 9.48. The van der Waals surface area contributed by atoms with Gasteiger partial charge >= 0.3 is 5.97 Å². The molecule has 3 fully saturated rings. The third kappa shape index (κ3) is 2.62. The van der Waals surface area contributed by atoms with Gasteiger partial charge in [-0.1, -0.05) is 33.3 Å². The number of ether oxygens (including phenoxy) is 1. The number of rotatable bonds is 2. The van der Waals surface area contributed by atoms with Crippen molar-refractivity contribution in [3.05, 3.63) is 23.5 Å². The van der Waals surface area contributed by atoms with Crippen molar-refractivity contribution < 1.29 is 19.4 Å². The molecule has 0 heterocycles. The molecule has 0 aliphatic heterocycles. The molecule has 4 nitrogen and oxygen atoms in total. The number of ketones is 1. The van der Waals surface area contributed by atoms with Crippen LogP contribution in [-0.4, -0.2) is 23.0 Å². The van der Waals surface area contributed by atoms with Gasteiger partial charge in [-0.05, 0) is 67.9 Å². The average molecular weight is 373 g/mol. The molecular formula is C23H32O4. The molecule has 1 N–H and O–H groups in total. The largest absolute Gasteiger partial charge is 0.504 e. The van der Waals surface area contributed by atoms with Gasteiger partial charge in [-0.15, -0.1) is 0 Å². The van der Waals surface area contributed by atoms with E-state index in [1.54, 1.807) is 6.08 Å². The molecular weight excluding hydrogens is 340 g/mol. The number of aliphatic hydroxyl groups excluding tert-OH is 1. The first-order valence-electron chi connectivity index (χ1n) is 10.6. The molecule has 4 aliphatic carbocycles. The van der Waals surface area contributed by atoms with Crippen molar-refractivity contribution in [2.45, 2.75) is 72.3 Å². The lowest BCUT2D eigenvalue weighted by Gasteiger charge is -2.56. The van der Waals surface area contributed by atoms with Crippen LogP contribution >= 0.6 is 0 Å². The van der Waals surface area contributed by atoms with E-state index in [0.29, 0.717) is 30.1 Å². The molecule has 2 unspecified atom stereocenters. The standard InChI is InChI=1S/C23H32O4/c1-5-20(26)27-21-13(2)10-17-15-7-6-14-11-18(24)19(25)12-23(14,4)16(15)8-9-22(17,21)3/h11-13,15-17,21,25H,5-10H2,1-4H3/t13?,15-,16+,17+,21?,22+,23+/m1/s1. The summed E-state index contributed by atoms with van der Waals surface area (Å²) in [7, 11) is 0. The minimum atomic E-state index is -0.248. The Labute approximate surface area is 162 Å². The van der Waals surface area contributed by atoms with Gasteiger partial charge in [0.2, 0.25) is 5.78 Å². The molecule has 0 aromatic rings. The number of hydrogen-bond acceptors (Lipinski definition) is 4. The Bertz CT molecular complexity index is 735. The molecule has 0 aromatic heterocycles. The fourth-order valence-electron chi connectivity index (χ4n) is 7.07. The van der Waals surface area contributed by atoms with Gasteiger partial charge in [-0.3, -0.25) is 9.59 Å². The van der Waals surface area contributed by atoms with Crippen LogP contribution in [0.15, 0.2) is 23.5 Å². The van der Waals surface area contributed by atoms with E-state index in [-0.39, 0.29) is 34.4 Å². The van der Waals surface area contributed by atoms with Crippen LogP contribution in [0.2, 0.25) is 0 Å². The molecule has 7 atom stereocenters. The Morgan fingerprint density at radius 3 is 2.74 bits per heavy atom. The van der Waals surface area contributed by atoms with Gasteiger partial charge in [0.25, 0.3) is 0 Å². The average Bonchev–Trinajstić information content (AvgIpc) is 2.87. The zero-order chi connectivity index (χ0) is 19.6. The van der Waals surface area contributed by atoms with E-state index in [0.717, 1.165) is 32.1 Å². The van der Waals surface area contributed by atoms with Crippen molar-refractivity contribution in [2.24, 2.45) is 34.5 Å². The number of carbonyl (C=O) groups is 2. The molecule has 4 heteroatoms. The van der Waals surface area contributed by atoms with E-state index in [2.05, 4.69) is 20.8 Å². The Morgan fingerprint density at radius 2 is 2.04 bits per heavy atom. The minimum absolute atomic E-state index is 0.0116. The zero-order valence-electron chi connectivity index (χ0n) is 17.0. The van der Waals surface area contributed by atoms with Crippen LogP contribution in [0.25, 0.3) is 0 Å². The Morgan fingerprint density at radius 1 is 1.30 bits per heavy atom. The summed E-state index contributed by atoms with van der Waals surface area (Å²) in [6.45, 7) is 8.62. The summed E-state index contributed by atoms with van der Waals surface area (Å²) in [6, 6.07) is 0. The van der Waals surface area contributed by atoms with E-state index < -0.39 is 0 Å². The number of allylic oxidation sites excluding steroid dienone is 3. The van der Waals surface area contributed by atoms with Crippen LogP contribution in [-0.2, 0) is 14.3 Å². The van der Waals surface area contributed by atoms with Gasteiger partial charge in [0, 0.05) is 17.3 Å². The Kier molecular flexibility index (Phi) is 4.32. The van der Waals surface area contributed by atoms with Crippen LogP contribution < -0.4 is 0 Å². The highest BCUT2D eigenvalue weighted by Gasteiger charge is 2.61. The number of carbonyl (C=O) groups excluding carboxylic acids is 2. The molecule has 27 heavy (non-hydrogen) atoms. The molecule has 0 bridgehead atoms. The first kappa shape index (κ1) is 18.8. The Hall–Kier alpha value is -1.58. The van der Waals surface area contributed by atoms with Crippen LogP contribution in [0.5, 0.6) is 0 Å². The van der Waals surface area contributed by atoms with Crippen molar-refractivity contribution in [2.75, 3.05) is 0 Å². The van der Waals surface area contributed by atoms with Crippen LogP contribution in [0, 0.1) is 34.5 Å². The second kappa shape index (κ2) is 6.22. The molecule has 0 aromatic carbocycles. The fraction of sp³-hybridized carbons (Fsp3) is 0.739. The van der Waals surface area contributed by atoms with E-state index >= 15 is 0 Å².